The first kappa shape index (κ1) is 67.8. The van der Waals surface area contributed by atoms with Crippen LogP contribution in [0.2, 0.25) is 0 Å². The molecule has 0 amide bonds. The van der Waals surface area contributed by atoms with Gasteiger partial charge in [-0.05, 0) is 145 Å². The Morgan fingerprint density at radius 3 is 1.17 bits per heavy atom. The normalized spacial score (nSPS) is 13.0. The van der Waals surface area contributed by atoms with E-state index >= 15 is 0 Å². The average Bonchev–Trinajstić information content (AvgIpc) is 1.69. The molecule has 0 radical (unpaired) electrons. The number of fused-ring (bicyclic) bond motifs is 6. The molecule has 8 rings (SSSR count). The number of aryl methyl sites for hydroxylation is 4. The zero-order valence-corrected chi connectivity index (χ0v) is 53.3. The average molecular weight is 1230 g/mol. The standard InChI is InChI=1S/2C26H29OS.C16H22F2N4O7S/c2*1-4-5-6-11-16-27-26-19(2)17-21(18-20(26)3)28-24-14-9-7-12-22(24)23-13-8-10-15-25(23)28;1-4-28-12(23)5-7-14(2,9-19)21-22-15(3,10-20)8-6-13(24)29-11-16(17,18)30(25,26)27/h2*7-10,12-15,17-18H,4-6,11,16H2,1-3H3;4-8,11H2,1-3H3,(H,25,26,27)/q2*+1;/p-1. The fraction of sp³-hybridized carbons (Fsp3) is 0.412. The number of carbonyl (C=O) groups is 2. The molecule has 2 heterocycles. The topological polar surface area (TPSA) is 201 Å². The van der Waals surface area contributed by atoms with Crippen molar-refractivity contribution in [1.29, 1.82) is 10.5 Å². The second-order valence-corrected chi connectivity index (χ2v) is 27.1. The summed E-state index contributed by atoms with van der Waals surface area (Å²) < 4.78 is 83.9. The highest BCUT2D eigenvalue weighted by molar-refractivity contribution is 7.86. The Hall–Kier alpha value is -7.35. The molecule has 2 unspecified atom stereocenters. The zero-order chi connectivity index (χ0) is 62.7. The molecule has 13 nitrogen and oxygen atoms in total. The van der Waals surface area contributed by atoms with E-state index in [9.17, 15) is 41.9 Å². The second kappa shape index (κ2) is 31.3. The lowest BCUT2D eigenvalue weighted by molar-refractivity contribution is -0.150. The molecule has 86 heavy (non-hydrogen) atoms. The summed E-state index contributed by atoms with van der Waals surface area (Å²) in [5, 5.41) is 26.8. The monoisotopic (exact) mass is 1230 g/mol. The van der Waals surface area contributed by atoms with Crippen molar-refractivity contribution in [1.82, 2.24) is 0 Å². The summed E-state index contributed by atoms with van der Waals surface area (Å²) in [5.74, 6) is 0.312. The van der Waals surface area contributed by atoms with Gasteiger partial charge in [-0.15, -0.1) is 0 Å². The summed E-state index contributed by atoms with van der Waals surface area (Å²) in [4.78, 5) is 25.7. The Morgan fingerprint density at radius 2 is 0.872 bits per heavy atom. The first-order valence-corrected chi connectivity index (χ1v) is 33.1. The lowest BCUT2D eigenvalue weighted by Crippen LogP contribution is -2.35. The van der Waals surface area contributed by atoms with Crippen LogP contribution in [0, 0.1) is 50.4 Å². The molecule has 8 aromatic rings. The van der Waals surface area contributed by atoms with Gasteiger partial charge in [0.2, 0.25) is 0 Å². The maximum Gasteiger partial charge on any atom is 0.367 e. The number of nitrogens with zero attached hydrogens (tertiary/aromatic N) is 4. The SMILES string of the molecule is CCCCCCOc1c(C)cc(-[s+]2c3ccccc3c3ccccc32)cc1C.CCCCCCOc1c(C)cc(-[s+]2c3ccccc3c3ccccc32)cc1C.CCOC(=O)CCC(C)(C#N)N=NC(C)(C#N)CCC(=O)OCC(F)(F)S(=O)(=O)[O-]. The summed E-state index contributed by atoms with van der Waals surface area (Å²) in [6.45, 7) is 17.3. The fourth-order valence-corrected chi connectivity index (χ4v) is 15.2. The summed E-state index contributed by atoms with van der Waals surface area (Å²) >= 11 is 0. The molecule has 0 spiro atoms. The van der Waals surface area contributed by atoms with Gasteiger partial charge in [0, 0.05) is 79.6 Å². The molecular formula is C68H79F2N4O9S3+. The number of hydrogen-bond donors (Lipinski definition) is 0. The van der Waals surface area contributed by atoms with E-state index in [0.29, 0.717) is 0 Å². The molecule has 0 saturated heterocycles. The third-order valence-corrected chi connectivity index (χ3v) is 20.0. The molecule has 6 aromatic carbocycles. The van der Waals surface area contributed by atoms with Gasteiger partial charge in [0.25, 0.3) is 0 Å². The highest BCUT2D eigenvalue weighted by atomic mass is 32.2. The van der Waals surface area contributed by atoms with Crippen molar-refractivity contribution >= 4 is 83.3 Å². The first-order valence-electron chi connectivity index (χ1n) is 29.3. The van der Waals surface area contributed by atoms with Crippen molar-refractivity contribution in [3.63, 3.8) is 0 Å². The number of carbonyl (C=O) groups excluding carboxylic acids is 2. The van der Waals surface area contributed by atoms with E-state index in [4.69, 9.17) is 14.2 Å². The second-order valence-electron chi connectivity index (χ2n) is 21.7. The van der Waals surface area contributed by atoms with Crippen LogP contribution in [-0.2, 0) is 29.2 Å². The number of thiophene rings is 2. The molecule has 0 aliphatic carbocycles. The predicted octanol–water partition coefficient (Wildman–Crippen LogP) is 18.4. The number of ether oxygens (including phenoxy) is 4. The minimum absolute atomic E-state index is 0.0350. The van der Waals surface area contributed by atoms with Gasteiger partial charge in [-0.2, -0.15) is 29.5 Å². The molecule has 2 aromatic heterocycles. The number of nitriles is 2. The van der Waals surface area contributed by atoms with Crippen LogP contribution < -0.4 is 9.47 Å². The van der Waals surface area contributed by atoms with Crippen LogP contribution in [-0.4, -0.2) is 67.7 Å². The molecule has 456 valence electrons. The van der Waals surface area contributed by atoms with Gasteiger partial charge in [-0.25, -0.2) is 8.42 Å². The van der Waals surface area contributed by atoms with Crippen molar-refractivity contribution in [2.45, 2.75) is 156 Å². The van der Waals surface area contributed by atoms with Crippen molar-refractivity contribution < 1.29 is 50.3 Å². The molecule has 2 atom stereocenters. The maximum atomic E-state index is 13.0. The Kier molecular flexibility index (Phi) is 24.7. The number of unbranched alkanes of at least 4 members (excludes halogenated alkanes) is 6. The predicted molar refractivity (Wildman–Crippen MR) is 342 cm³/mol. The lowest BCUT2D eigenvalue weighted by Gasteiger charge is -2.20. The van der Waals surface area contributed by atoms with Crippen LogP contribution >= 0.6 is 20.9 Å². The van der Waals surface area contributed by atoms with E-state index in [1.54, 1.807) is 13.0 Å². The Bertz CT molecular complexity index is 3530. The zero-order valence-electron chi connectivity index (χ0n) is 50.8. The third-order valence-electron chi connectivity index (χ3n) is 14.5. The van der Waals surface area contributed by atoms with Crippen molar-refractivity contribution in [3.8, 4) is 33.4 Å². The van der Waals surface area contributed by atoms with Gasteiger partial charge in [0.05, 0.1) is 32.0 Å². The smallest absolute Gasteiger partial charge is 0.367 e. The largest absolute Gasteiger partial charge is 0.743 e. The molecule has 0 aliphatic rings. The van der Waals surface area contributed by atoms with Crippen molar-refractivity contribution in [3.05, 3.63) is 144 Å². The minimum atomic E-state index is -6.00. The van der Waals surface area contributed by atoms with Gasteiger partial charge < -0.3 is 23.5 Å². The molecule has 0 saturated carbocycles. The maximum absolute atomic E-state index is 13.0. The summed E-state index contributed by atoms with van der Waals surface area (Å²) in [7, 11) is -6.07. The number of hydrogen-bond acceptors (Lipinski definition) is 13. The van der Waals surface area contributed by atoms with Gasteiger partial charge in [-0.1, -0.05) is 101 Å². The van der Waals surface area contributed by atoms with Crippen molar-refractivity contribution in [2.75, 3.05) is 26.4 Å². The summed E-state index contributed by atoms with van der Waals surface area (Å²) in [6.07, 6.45) is 8.74. The van der Waals surface area contributed by atoms with Crippen LogP contribution in [0.15, 0.2) is 132 Å². The van der Waals surface area contributed by atoms with Crippen LogP contribution in [0.4, 0.5) is 8.78 Å². The highest BCUT2D eigenvalue weighted by Gasteiger charge is 2.40. The number of alkyl halides is 2. The molecule has 0 fully saturated rings. The van der Waals surface area contributed by atoms with Gasteiger partial charge in [-0.3, -0.25) is 9.59 Å². The Morgan fingerprint density at radius 1 is 0.547 bits per heavy atom. The Labute approximate surface area is 510 Å². The number of esters is 2. The van der Waals surface area contributed by atoms with Gasteiger partial charge in [0.15, 0.2) is 56.4 Å². The van der Waals surface area contributed by atoms with E-state index in [-0.39, 0.29) is 46.8 Å². The molecular weight excluding hydrogens is 1150 g/mol. The van der Waals surface area contributed by atoms with Crippen LogP contribution in [0.5, 0.6) is 11.5 Å². The van der Waals surface area contributed by atoms with Crippen LogP contribution in [0.1, 0.15) is 134 Å². The quantitative estimate of drug-likeness (QED) is 0.0164. The van der Waals surface area contributed by atoms with E-state index in [1.807, 2.05) is 6.07 Å². The third kappa shape index (κ3) is 17.6. The molecule has 18 heteroatoms. The Balaban J connectivity index is 0.000000206. The minimum Gasteiger partial charge on any atom is -0.743 e. The lowest BCUT2D eigenvalue weighted by atomic mass is 9.97. The summed E-state index contributed by atoms with van der Waals surface area (Å²) in [5.41, 5.74) is 1.89. The molecule has 0 N–H and O–H groups in total. The fourth-order valence-electron chi connectivity index (χ4n) is 9.84. The van der Waals surface area contributed by atoms with Gasteiger partial charge in [0.1, 0.15) is 11.5 Å². The number of halogens is 2. The van der Waals surface area contributed by atoms with E-state index in [1.165, 1.54) is 125 Å². The number of azo groups is 1. The van der Waals surface area contributed by atoms with E-state index in [0.717, 1.165) is 37.6 Å². The highest BCUT2D eigenvalue weighted by Crippen LogP contribution is 2.51. The summed E-state index contributed by atoms with van der Waals surface area (Å²) in [6, 6.07) is 48.4. The van der Waals surface area contributed by atoms with E-state index in [2.05, 4.69) is 178 Å². The molecule has 0 bridgehead atoms. The van der Waals surface area contributed by atoms with E-state index < -0.39 is 51.4 Å². The number of benzene rings is 6. The van der Waals surface area contributed by atoms with Crippen LogP contribution in [0.25, 0.3) is 50.1 Å². The molecule has 0 aliphatic heterocycles. The first-order chi connectivity index (χ1) is 41.0. The number of rotatable bonds is 26. The van der Waals surface area contributed by atoms with Gasteiger partial charge >= 0.3 is 17.2 Å². The van der Waals surface area contributed by atoms with Crippen LogP contribution in [0.3, 0.4) is 0 Å². The van der Waals surface area contributed by atoms with Crippen molar-refractivity contribution in [2.24, 2.45) is 10.2 Å².